The van der Waals surface area contributed by atoms with Crippen LogP contribution in [0.2, 0.25) is 0 Å². The molecule has 0 aromatic heterocycles. The summed E-state index contributed by atoms with van der Waals surface area (Å²) in [5, 5.41) is 3.46. The van der Waals surface area contributed by atoms with Gasteiger partial charge in [-0.25, -0.2) is 0 Å². The Balaban J connectivity index is 1.46. The summed E-state index contributed by atoms with van der Waals surface area (Å²) in [6.45, 7) is 7.04. The smallest absolute Gasteiger partial charge is 0.320 e. The van der Waals surface area contributed by atoms with Crippen molar-refractivity contribution in [3.63, 3.8) is 0 Å². The number of carbonyl (C=O) groups is 1. The van der Waals surface area contributed by atoms with Crippen LogP contribution in [0, 0.1) is 11.8 Å². The van der Waals surface area contributed by atoms with Crippen molar-refractivity contribution in [3.05, 3.63) is 108 Å². The minimum atomic E-state index is -0.176. The maximum Gasteiger partial charge on any atom is 0.320 e. The normalized spacial score (nSPS) is 20.8. The van der Waals surface area contributed by atoms with Gasteiger partial charge in [0.15, 0.2) is 0 Å². The first kappa shape index (κ1) is 24.2. The number of hydrogen-bond donors (Lipinski definition) is 1. The fourth-order valence-corrected chi connectivity index (χ4v) is 5.48. The van der Waals surface area contributed by atoms with Crippen molar-refractivity contribution in [2.24, 2.45) is 11.8 Å². The lowest BCUT2D eigenvalue weighted by Crippen LogP contribution is -2.44. The van der Waals surface area contributed by atoms with Gasteiger partial charge in [-0.1, -0.05) is 118 Å². The van der Waals surface area contributed by atoms with Crippen molar-refractivity contribution in [3.8, 4) is 0 Å². The van der Waals surface area contributed by atoms with Gasteiger partial charge in [-0.2, -0.15) is 0 Å². The highest BCUT2D eigenvalue weighted by molar-refractivity contribution is 5.72. The largest absolute Gasteiger partial charge is 0.461 e. The first-order valence-electron chi connectivity index (χ1n) is 12.5. The molecule has 1 saturated carbocycles. The van der Waals surface area contributed by atoms with Gasteiger partial charge in [0.1, 0.15) is 6.10 Å². The maximum absolute atomic E-state index is 13.1. The number of carbonyl (C=O) groups excluding carboxylic acids is 1. The summed E-state index contributed by atoms with van der Waals surface area (Å²) >= 11 is 0. The van der Waals surface area contributed by atoms with E-state index in [1.54, 1.807) is 0 Å². The average molecular weight is 456 g/mol. The fraction of sp³-hybridized carbons (Fsp3) is 0.387. The molecule has 3 aromatic rings. The van der Waals surface area contributed by atoms with Gasteiger partial charge in [0.05, 0.1) is 12.6 Å². The minimum absolute atomic E-state index is 0.0585. The van der Waals surface area contributed by atoms with Crippen LogP contribution in [-0.2, 0) is 14.9 Å². The second-order valence-electron chi connectivity index (χ2n) is 10.3. The summed E-state index contributed by atoms with van der Waals surface area (Å²) in [6.07, 6.45) is 3.11. The monoisotopic (exact) mass is 455 g/mol. The van der Waals surface area contributed by atoms with Gasteiger partial charge in [-0.15, -0.1) is 0 Å². The molecule has 1 unspecified atom stereocenters. The standard InChI is InChI=1S/C31H37NO2/c1-23-19-20-27(31(2,3)26-17-11-6-12-18-26)28(21-23)34-29(33)22-32-30(24-13-7-4-8-14-24)25-15-9-5-10-16-25/h4-18,23,27-28,30,32H,19-22H2,1-3H3/t23?,27-,28+/m1/s1. The molecule has 0 aliphatic heterocycles. The molecule has 3 aromatic carbocycles. The van der Waals surface area contributed by atoms with Gasteiger partial charge in [-0.05, 0) is 40.9 Å². The number of hydrogen-bond acceptors (Lipinski definition) is 3. The number of rotatable bonds is 8. The van der Waals surface area contributed by atoms with E-state index in [9.17, 15) is 4.79 Å². The molecule has 0 bridgehead atoms. The number of ether oxygens (including phenoxy) is 1. The molecule has 3 nitrogen and oxygen atoms in total. The number of esters is 1. The highest BCUT2D eigenvalue weighted by atomic mass is 16.5. The van der Waals surface area contributed by atoms with Gasteiger partial charge in [-0.3, -0.25) is 10.1 Å². The quantitative estimate of drug-likeness (QED) is 0.385. The molecule has 0 saturated heterocycles. The van der Waals surface area contributed by atoms with E-state index in [1.165, 1.54) is 12.0 Å². The summed E-state index contributed by atoms with van der Waals surface area (Å²) in [6, 6.07) is 31.1. The van der Waals surface area contributed by atoms with E-state index in [0.717, 1.165) is 24.0 Å². The molecular weight excluding hydrogens is 418 g/mol. The average Bonchev–Trinajstić information content (AvgIpc) is 2.86. The zero-order valence-corrected chi connectivity index (χ0v) is 20.6. The summed E-state index contributed by atoms with van der Waals surface area (Å²) in [7, 11) is 0. The van der Waals surface area contributed by atoms with Crippen LogP contribution in [0.3, 0.4) is 0 Å². The summed E-state index contributed by atoms with van der Waals surface area (Å²) < 4.78 is 6.20. The minimum Gasteiger partial charge on any atom is -0.461 e. The van der Waals surface area contributed by atoms with Crippen LogP contribution in [0.25, 0.3) is 0 Å². The van der Waals surface area contributed by atoms with E-state index in [-0.39, 0.29) is 30.1 Å². The van der Waals surface area contributed by atoms with Crippen LogP contribution in [0.1, 0.15) is 62.8 Å². The van der Waals surface area contributed by atoms with Crippen LogP contribution < -0.4 is 5.32 Å². The highest BCUT2D eigenvalue weighted by Gasteiger charge is 2.41. The Morgan fingerprint density at radius 2 is 1.41 bits per heavy atom. The van der Waals surface area contributed by atoms with Crippen LogP contribution in [0.4, 0.5) is 0 Å². The topological polar surface area (TPSA) is 38.3 Å². The van der Waals surface area contributed by atoms with Crippen LogP contribution in [0.15, 0.2) is 91.0 Å². The third kappa shape index (κ3) is 5.77. The summed E-state index contributed by atoms with van der Waals surface area (Å²) in [4.78, 5) is 13.1. The van der Waals surface area contributed by atoms with Crippen molar-refractivity contribution >= 4 is 5.97 Å². The van der Waals surface area contributed by atoms with Crippen molar-refractivity contribution in [2.45, 2.75) is 57.6 Å². The third-order valence-corrected chi connectivity index (χ3v) is 7.50. The van der Waals surface area contributed by atoms with Crippen LogP contribution >= 0.6 is 0 Å². The Bertz CT molecular complexity index is 993. The molecular formula is C31H37NO2. The SMILES string of the molecule is CC1CC[C@@H](C(C)(C)c2ccccc2)[C@@H](OC(=O)CNC(c2ccccc2)c2ccccc2)C1. The molecule has 0 spiro atoms. The van der Waals surface area contributed by atoms with E-state index in [1.807, 2.05) is 36.4 Å². The lowest BCUT2D eigenvalue weighted by atomic mass is 9.64. The lowest BCUT2D eigenvalue weighted by Gasteiger charge is -2.44. The second-order valence-corrected chi connectivity index (χ2v) is 10.3. The predicted molar refractivity (Wildman–Crippen MR) is 139 cm³/mol. The fourth-order valence-electron chi connectivity index (χ4n) is 5.48. The van der Waals surface area contributed by atoms with E-state index in [0.29, 0.717) is 11.8 Å². The maximum atomic E-state index is 13.1. The molecule has 0 heterocycles. The van der Waals surface area contributed by atoms with Gasteiger partial charge in [0.25, 0.3) is 0 Å². The van der Waals surface area contributed by atoms with Crippen molar-refractivity contribution in [1.82, 2.24) is 5.32 Å². The Kier molecular flexibility index (Phi) is 7.84. The molecule has 0 radical (unpaired) electrons. The molecule has 0 amide bonds. The van der Waals surface area contributed by atoms with Crippen molar-refractivity contribution in [2.75, 3.05) is 6.54 Å². The van der Waals surface area contributed by atoms with Gasteiger partial charge in [0.2, 0.25) is 0 Å². The van der Waals surface area contributed by atoms with E-state index < -0.39 is 0 Å². The van der Waals surface area contributed by atoms with Crippen molar-refractivity contribution < 1.29 is 9.53 Å². The Morgan fingerprint density at radius 1 is 0.882 bits per heavy atom. The molecule has 1 aliphatic rings. The third-order valence-electron chi connectivity index (χ3n) is 7.50. The second kappa shape index (κ2) is 11.0. The Labute approximate surface area is 204 Å². The van der Waals surface area contributed by atoms with E-state index >= 15 is 0 Å². The Hall–Kier alpha value is -2.91. The first-order valence-corrected chi connectivity index (χ1v) is 12.5. The highest BCUT2D eigenvalue weighted by Crippen LogP contribution is 2.43. The zero-order valence-electron chi connectivity index (χ0n) is 20.6. The molecule has 1 N–H and O–H groups in total. The molecule has 1 fully saturated rings. The summed E-state index contributed by atoms with van der Waals surface area (Å²) in [5.74, 6) is 0.689. The summed E-state index contributed by atoms with van der Waals surface area (Å²) in [5.41, 5.74) is 3.52. The molecule has 3 atom stereocenters. The van der Waals surface area contributed by atoms with E-state index in [4.69, 9.17) is 4.74 Å². The molecule has 4 rings (SSSR count). The lowest BCUT2D eigenvalue weighted by molar-refractivity contribution is -0.155. The van der Waals surface area contributed by atoms with Gasteiger partial charge in [0, 0.05) is 5.92 Å². The zero-order chi connectivity index (χ0) is 24.0. The molecule has 178 valence electrons. The van der Waals surface area contributed by atoms with Gasteiger partial charge >= 0.3 is 5.97 Å². The predicted octanol–water partition coefficient (Wildman–Crippen LogP) is 6.69. The van der Waals surface area contributed by atoms with Crippen LogP contribution in [-0.4, -0.2) is 18.6 Å². The van der Waals surface area contributed by atoms with Gasteiger partial charge < -0.3 is 4.74 Å². The number of nitrogens with one attached hydrogen (secondary N) is 1. The number of benzene rings is 3. The van der Waals surface area contributed by atoms with Crippen molar-refractivity contribution in [1.29, 1.82) is 0 Å². The van der Waals surface area contributed by atoms with Crippen LogP contribution in [0.5, 0.6) is 0 Å². The Morgan fingerprint density at radius 3 is 1.97 bits per heavy atom. The first-order chi connectivity index (χ1) is 16.4. The van der Waals surface area contributed by atoms with E-state index in [2.05, 4.69) is 80.7 Å². The molecule has 1 aliphatic carbocycles. The molecule has 3 heteroatoms. The molecule has 34 heavy (non-hydrogen) atoms.